The summed E-state index contributed by atoms with van der Waals surface area (Å²) >= 11 is 1.39. The van der Waals surface area contributed by atoms with Crippen molar-refractivity contribution in [3.8, 4) is 11.4 Å². The van der Waals surface area contributed by atoms with Crippen molar-refractivity contribution in [2.45, 2.75) is 19.4 Å². The minimum Gasteiger partial charge on any atom is -0.493 e. The van der Waals surface area contributed by atoms with E-state index in [1.165, 1.54) is 23.5 Å². The molecule has 0 saturated heterocycles. The zero-order chi connectivity index (χ0) is 20.0. The van der Waals surface area contributed by atoms with Crippen molar-refractivity contribution < 1.29 is 13.9 Å². The molecule has 1 amide bonds. The van der Waals surface area contributed by atoms with Crippen LogP contribution in [0.4, 0.5) is 4.39 Å². The lowest BCUT2D eigenvalue weighted by molar-refractivity contribution is 0.0929. The maximum absolute atomic E-state index is 13.3. The molecule has 3 heterocycles. The third-order valence-corrected chi connectivity index (χ3v) is 6.21. The van der Waals surface area contributed by atoms with Gasteiger partial charge >= 0.3 is 0 Å². The van der Waals surface area contributed by atoms with Crippen LogP contribution < -0.4 is 10.1 Å². The number of hydrogen-bond acceptors (Lipinski definition) is 4. The summed E-state index contributed by atoms with van der Waals surface area (Å²) in [6, 6.07) is 15.8. The summed E-state index contributed by atoms with van der Waals surface area (Å²) in [5.74, 6) is 0.415. The Morgan fingerprint density at radius 3 is 2.86 bits per heavy atom. The first-order valence-corrected chi connectivity index (χ1v) is 10.2. The van der Waals surface area contributed by atoms with Crippen LogP contribution in [0.25, 0.3) is 15.9 Å². The fraction of sp³-hybridized carbons (Fsp3) is 0.182. The van der Waals surface area contributed by atoms with Crippen molar-refractivity contribution in [2.24, 2.45) is 0 Å². The van der Waals surface area contributed by atoms with Gasteiger partial charge in [-0.3, -0.25) is 4.79 Å². The Balaban J connectivity index is 1.46. The Bertz CT molecular complexity index is 1210. The Kier molecular flexibility index (Phi) is 4.32. The lowest BCUT2D eigenvalue weighted by atomic mass is 10.0. The molecule has 7 heteroatoms. The first-order valence-electron chi connectivity index (χ1n) is 9.38. The SMILES string of the molecule is Cc1nn(-c2ccc(F)cc2)c2sc(C(=O)N[C@H]3CCOc4ccccc43)cc12. The van der Waals surface area contributed by atoms with Crippen LogP contribution in [0.1, 0.15) is 33.4 Å². The number of thiophene rings is 1. The molecule has 0 fully saturated rings. The Morgan fingerprint density at radius 1 is 1.24 bits per heavy atom. The zero-order valence-electron chi connectivity index (χ0n) is 15.7. The van der Waals surface area contributed by atoms with E-state index in [9.17, 15) is 9.18 Å². The van der Waals surface area contributed by atoms with Crippen LogP contribution in [0, 0.1) is 12.7 Å². The first-order chi connectivity index (χ1) is 14.1. The van der Waals surface area contributed by atoms with Crippen LogP contribution in [0.2, 0.25) is 0 Å². The lowest BCUT2D eigenvalue weighted by Crippen LogP contribution is -2.31. The largest absolute Gasteiger partial charge is 0.493 e. The normalized spacial score (nSPS) is 15.7. The van der Waals surface area contributed by atoms with E-state index in [1.807, 2.05) is 37.3 Å². The van der Waals surface area contributed by atoms with Crippen LogP contribution >= 0.6 is 11.3 Å². The van der Waals surface area contributed by atoms with Crippen molar-refractivity contribution in [3.63, 3.8) is 0 Å². The van der Waals surface area contributed by atoms with Gasteiger partial charge < -0.3 is 10.1 Å². The van der Waals surface area contributed by atoms with E-state index in [0.717, 1.165) is 39.3 Å². The van der Waals surface area contributed by atoms with E-state index in [-0.39, 0.29) is 17.8 Å². The maximum Gasteiger partial charge on any atom is 0.261 e. The second-order valence-corrected chi connectivity index (χ2v) is 8.03. The number of amides is 1. The number of hydrogen-bond donors (Lipinski definition) is 1. The van der Waals surface area contributed by atoms with Gasteiger partial charge in [0.15, 0.2) is 0 Å². The number of aromatic nitrogens is 2. The predicted octanol–water partition coefficient (Wildman–Crippen LogP) is 4.79. The summed E-state index contributed by atoms with van der Waals surface area (Å²) in [5, 5.41) is 8.62. The highest BCUT2D eigenvalue weighted by molar-refractivity contribution is 7.20. The standard InChI is InChI=1S/C22H18FN3O2S/c1-13-17-12-20(29-22(17)26(25-13)15-8-6-14(23)7-9-15)21(27)24-18-10-11-28-19-5-3-2-4-16(18)19/h2-9,12,18H,10-11H2,1H3,(H,24,27)/t18-/m0/s1. The number of carbonyl (C=O) groups is 1. The number of aryl methyl sites for hydroxylation is 1. The van der Waals surface area contributed by atoms with E-state index in [2.05, 4.69) is 10.4 Å². The second-order valence-electron chi connectivity index (χ2n) is 7.00. The Labute approximate surface area is 170 Å². The van der Waals surface area contributed by atoms with E-state index in [0.29, 0.717) is 11.5 Å². The summed E-state index contributed by atoms with van der Waals surface area (Å²) in [6.45, 7) is 2.48. The zero-order valence-corrected chi connectivity index (χ0v) is 16.5. The van der Waals surface area contributed by atoms with Crippen LogP contribution in [0.15, 0.2) is 54.6 Å². The molecule has 1 atom stereocenters. The minimum absolute atomic E-state index is 0.0765. The quantitative estimate of drug-likeness (QED) is 0.531. The summed E-state index contributed by atoms with van der Waals surface area (Å²) in [5.41, 5.74) is 2.59. The molecule has 1 aliphatic heterocycles. The molecule has 2 aromatic heterocycles. The number of ether oxygens (including phenoxy) is 1. The number of nitrogens with one attached hydrogen (secondary N) is 1. The van der Waals surface area contributed by atoms with Gasteiger partial charge in [0.05, 0.1) is 28.9 Å². The van der Waals surface area contributed by atoms with Gasteiger partial charge in [-0.1, -0.05) is 18.2 Å². The molecule has 0 spiro atoms. The summed E-state index contributed by atoms with van der Waals surface area (Å²) in [7, 11) is 0. The molecule has 5 rings (SSSR count). The second kappa shape index (κ2) is 7.00. The third-order valence-electron chi connectivity index (χ3n) is 5.10. The molecular weight excluding hydrogens is 389 g/mol. The number of para-hydroxylation sites is 1. The highest BCUT2D eigenvalue weighted by Gasteiger charge is 2.24. The van der Waals surface area contributed by atoms with Crippen molar-refractivity contribution in [3.05, 3.63) is 76.5 Å². The lowest BCUT2D eigenvalue weighted by Gasteiger charge is -2.26. The van der Waals surface area contributed by atoms with Crippen molar-refractivity contribution in [1.29, 1.82) is 0 Å². The molecular formula is C22H18FN3O2S. The van der Waals surface area contributed by atoms with Gasteiger partial charge in [0.2, 0.25) is 0 Å². The van der Waals surface area contributed by atoms with Gasteiger partial charge in [0.1, 0.15) is 16.4 Å². The molecule has 1 N–H and O–H groups in total. The molecule has 5 nitrogen and oxygen atoms in total. The van der Waals surface area contributed by atoms with Crippen molar-refractivity contribution in [2.75, 3.05) is 6.61 Å². The predicted molar refractivity (Wildman–Crippen MR) is 110 cm³/mol. The van der Waals surface area contributed by atoms with E-state index in [1.54, 1.807) is 16.8 Å². The Morgan fingerprint density at radius 2 is 2.03 bits per heavy atom. The molecule has 0 unspecified atom stereocenters. The molecule has 0 radical (unpaired) electrons. The van der Waals surface area contributed by atoms with E-state index in [4.69, 9.17) is 4.74 Å². The fourth-order valence-corrected chi connectivity index (χ4v) is 4.72. The molecule has 0 saturated carbocycles. The van der Waals surface area contributed by atoms with Gasteiger partial charge in [0, 0.05) is 17.4 Å². The molecule has 1 aliphatic rings. The molecule has 0 aliphatic carbocycles. The number of benzene rings is 2. The van der Waals surface area contributed by atoms with Crippen molar-refractivity contribution in [1.82, 2.24) is 15.1 Å². The number of nitrogens with zero attached hydrogens (tertiary/aromatic N) is 2. The van der Waals surface area contributed by atoms with Gasteiger partial charge in [-0.25, -0.2) is 9.07 Å². The highest BCUT2D eigenvalue weighted by atomic mass is 32.1. The van der Waals surface area contributed by atoms with Gasteiger partial charge in [-0.05, 0) is 43.3 Å². The molecule has 29 heavy (non-hydrogen) atoms. The number of halogens is 1. The average Bonchev–Trinajstić information content (AvgIpc) is 3.30. The molecule has 4 aromatic rings. The number of rotatable bonds is 3. The molecule has 0 bridgehead atoms. The molecule has 146 valence electrons. The number of carbonyl (C=O) groups excluding carboxylic acids is 1. The van der Waals surface area contributed by atoms with Crippen LogP contribution in [-0.2, 0) is 0 Å². The Hall–Kier alpha value is -3.19. The fourth-order valence-electron chi connectivity index (χ4n) is 3.64. The topological polar surface area (TPSA) is 56.2 Å². The van der Waals surface area contributed by atoms with Gasteiger partial charge in [-0.15, -0.1) is 11.3 Å². The highest BCUT2D eigenvalue weighted by Crippen LogP contribution is 2.34. The van der Waals surface area contributed by atoms with Crippen LogP contribution in [0.3, 0.4) is 0 Å². The third kappa shape index (κ3) is 3.17. The maximum atomic E-state index is 13.3. The van der Waals surface area contributed by atoms with Crippen molar-refractivity contribution >= 4 is 27.5 Å². The monoisotopic (exact) mass is 407 g/mol. The number of fused-ring (bicyclic) bond motifs is 2. The minimum atomic E-state index is -0.295. The molecule has 2 aromatic carbocycles. The van der Waals surface area contributed by atoms with Gasteiger partial charge in [-0.2, -0.15) is 5.10 Å². The summed E-state index contributed by atoms with van der Waals surface area (Å²) in [6.07, 6.45) is 0.732. The van der Waals surface area contributed by atoms with E-state index >= 15 is 0 Å². The smallest absolute Gasteiger partial charge is 0.261 e. The van der Waals surface area contributed by atoms with Gasteiger partial charge in [0.25, 0.3) is 5.91 Å². The summed E-state index contributed by atoms with van der Waals surface area (Å²) in [4.78, 5) is 14.5. The first kappa shape index (κ1) is 17.9. The van der Waals surface area contributed by atoms with E-state index < -0.39 is 0 Å². The summed E-state index contributed by atoms with van der Waals surface area (Å²) < 4.78 is 20.7. The van der Waals surface area contributed by atoms with Crippen LogP contribution in [-0.4, -0.2) is 22.3 Å². The average molecular weight is 407 g/mol. The van der Waals surface area contributed by atoms with Crippen LogP contribution in [0.5, 0.6) is 5.75 Å².